The largest absolute Gasteiger partial charge is 0.463 e. The Morgan fingerprint density at radius 1 is 1.19 bits per heavy atom. The molecule has 1 aliphatic rings. The van der Waals surface area contributed by atoms with E-state index < -0.39 is 29.8 Å². The van der Waals surface area contributed by atoms with Gasteiger partial charge in [-0.3, -0.25) is 0 Å². The molecule has 2 aromatic rings. The zero-order valence-corrected chi connectivity index (χ0v) is 21.5. The quantitative estimate of drug-likeness (QED) is 0.311. The SMILES string of the molecule is CCOC(=O)/C=C/c1cc(F)c(F)cc1[C@@H](C)OC[C@H](O)CNC(C)(C)CC1Cc2ccccc2C1. The minimum Gasteiger partial charge on any atom is -0.463 e. The molecular weight excluding hydrogens is 464 g/mol. The summed E-state index contributed by atoms with van der Waals surface area (Å²) in [6.07, 6.45) is 4.25. The Hall–Kier alpha value is -2.61. The topological polar surface area (TPSA) is 67.8 Å². The van der Waals surface area contributed by atoms with E-state index in [0.29, 0.717) is 23.6 Å². The first kappa shape index (κ1) is 28.0. The van der Waals surface area contributed by atoms with Crippen molar-refractivity contribution < 1.29 is 28.2 Å². The highest BCUT2D eigenvalue weighted by atomic mass is 19.2. The first-order valence-electron chi connectivity index (χ1n) is 12.5. The van der Waals surface area contributed by atoms with Gasteiger partial charge in [-0.2, -0.15) is 0 Å². The number of rotatable bonds is 12. The molecule has 1 aliphatic carbocycles. The molecule has 7 heteroatoms. The Labute approximate surface area is 212 Å². The minimum atomic E-state index is -1.02. The van der Waals surface area contributed by atoms with E-state index in [1.165, 1.54) is 17.2 Å². The molecule has 196 valence electrons. The average Bonchev–Trinajstić information content (AvgIpc) is 3.23. The Kier molecular flexibility index (Phi) is 9.77. The summed E-state index contributed by atoms with van der Waals surface area (Å²) in [4.78, 5) is 11.6. The lowest BCUT2D eigenvalue weighted by atomic mass is 9.88. The van der Waals surface area contributed by atoms with Gasteiger partial charge in [0.1, 0.15) is 0 Å². The first-order chi connectivity index (χ1) is 17.1. The normalized spacial score (nSPS) is 15.8. The van der Waals surface area contributed by atoms with E-state index in [1.54, 1.807) is 13.8 Å². The van der Waals surface area contributed by atoms with Gasteiger partial charge in [0.05, 0.1) is 25.4 Å². The predicted octanol–water partition coefficient (Wildman–Crippen LogP) is 5.15. The second-order valence-electron chi connectivity index (χ2n) is 10.1. The number of β-amino-alcohol motifs (C(OH)–C–C–N with tert-alkyl or cyclic N) is 1. The molecule has 0 saturated heterocycles. The first-order valence-corrected chi connectivity index (χ1v) is 12.5. The monoisotopic (exact) mass is 501 g/mol. The number of carbonyl (C=O) groups excluding carboxylic acids is 1. The summed E-state index contributed by atoms with van der Waals surface area (Å²) in [5, 5.41) is 14.0. The van der Waals surface area contributed by atoms with E-state index in [2.05, 4.69) is 43.4 Å². The van der Waals surface area contributed by atoms with Gasteiger partial charge in [0.25, 0.3) is 0 Å². The molecule has 0 aliphatic heterocycles. The minimum absolute atomic E-state index is 0.0130. The van der Waals surface area contributed by atoms with Gasteiger partial charge in [0.2, 0.25) is 0 Å². The Bertz CT molecular complexity index is 1040. The maximum Gasteiger partial charge on any atom is 0.330 e. The van der Waals surface area contributed by atoms with E-state index in [1.807, 2.05) is 0 Å². The number of benzene rings is 2. The number of aliphatic hydroxyl groups is 1. The molecule has 0 bridgehead atoms. The van der Waals surface area contributed by atoms with Gasteiger partial charge in [0, 0.05) is 18.2 Å². The lowest BCUT2D eigenvalue weighted by molar-refractivity contribution is -0.137. The van der Waals surface area contributed by atoms with Crippen molar-refractivity contribution in [2.75, 3.05) is 19.8 Å². The molecule has 0 aromatic heterocycles. The fourth-order valence-electron chi connectivity index (χ4n) is 4.81. The molecule has 5 nitrogen and oxygen atoms in total. The number of nitrogens with one attached hydrogen (secondary N) is 1. The molecule has 0 saturated carbocycles. The van der Waals surface area contributed by atoms with Crippen LogP contribution in [-0.2, 0) is 27.1 Å². The van der Waals surface area contributed by atoms with Gasteiger partial charge in [-0.05, 0) is 93.3 Å². The molecule has 3 rings (SSSR count). The fourth-order valence-corrected chi connectivity index (χ4v) is 4.81. The van der Waals surface area contributed by atoms with Gasteiger partial charge < -0.3 is 19.9 Å². The summed E-state index contributed by atoms with van der Waals surface area (Å²) in [6.45, 7) is 8.21. The predicted molar refractivity (Wildman–Crippen MR) is 136 cm³/mol. The van der Waals surface area contributed by atoms with Crippen LogP contribution in [0.25, 0.3) is 6.08 Å². The maximum atomic E-state index is 13.9. The second-order valence-corrected chi connectivity index (χ2v) is 10.1. The van der Waals surface area contributed by atoms with Crippen LogP contribution < -0.4 is 5.32 Å². The van der Waals surface area contributed by atoms with Crippen molar-refractivity contribution in [3.8, 4) is 0 Å². The Morgan fingerprint density at radius 3 is 2.47 bits per heavy atom. The number of ether oxygens (including phenoxy) is 2. The number of hydrogen-bond acceptors (Lipinski definition) is 5. The summed E-state index contributed by atoms with van der Waals surface area (Å²) in [6, 6.07) is 10.6. The number of esters is 1. The van der Waals surface area contributed by atoms with Gasteiger partial charge in [-0.1, -0.05) is 24.3 Å². The van der Waals surface area contributed by atoms with Crippen molar-refractivity contribution in [3.63, 3.8) is 0 Å². The molecule has 36 heavy (non-hydrogen) atoms. The van der Waals surface area contributed by atoms with Crippen LogP contribution in [0, 0.1) is 17.6 Å². The third kappa shape index (κ3) is 7.95. The molecule has 0 unspecified atom stereocenters. The molecule has 2 atom stereocenters. The lowest BCUT2D eigenvalue weighted by Crippen LogP contribution is -2.45. The molecular formula is C29H37F2NO4. The molecule has 0 amide bonds. The smallest absolute Gasteiger partial charge is 0.330 e. The van der Waals surface area contributed by atoms with Gasteiger partial charge in [-0.15, -0.1) is 0 Å². The Balaban J connectivity index is 1.51. The number of fused-ring (bicyclic) bond motifs is 1. The standard InChI is InChI=1S/C29H37F2NO4/c1-5-35-28(34)11-10-23-14-26(30)27(31)15-25(23)19(2)36-18-24(33)17-32-29(3,4)16-20-12-21-8-6-7-9-22(21)13-20/h6-11,14-15,19-20,24,32-33H,5,12-13,16-18H2,1-4H3/b11-10+/t19-,24-/m1/s1. The van der Waals surface area contributed by atoms with Crippen LogP contribution in [0.2, 0.25) is 0 Å². The summed E-state index contributed by atoms with van der Waals surface area (Å²) in [5.41, 5.74) is 3.37. The lowest BCUT2D eigenvalue weighted by Gasteiger charge is -2.31. The number of halogens is 2. The van der Waals surface area contributed by atoms with E-state index in [0.717, 1.165) is 37.5 Å². The highest BCUT2D eigenvalue weighted by Gasteiger charge is 2.28. The molecule has 2 N–H and O–H groups in total. The van der Waals surface area contributed by atoms with E-state index in [-0.39, 0.29) is 18.8 Å². The van der Waals surface area contributed by atoms with Crippen LogP contribution in [0.4, 0.5) is 8.78 Å². The number of aliphatic hydroxyl groups excluding tert-OH is 1. The Morgan fingerprint density at radius 2 is 1.83 bits per heavy atom. The van der Waals surface area contributed by atoms with Crippen molar-refractivity contribution in [3.05, 3.63) is 76.4 Å². The fraction of sp³-hybridized carbons (Fsp3) is 0.483. The summed E-state index contributed by atoms with van der Waals surface area (Å²) >= 11 is 0. The van der Waals surface area contributed by atoms with Crippen LogP contribution in [0.1, 0.15) is 62.5 Å². The van der Waals surface area contributed by atoms with E-state index in [9.17, 15) is 18.7 Å². The summed E-state index contributed by atoms with van der Waals surface area (Å²) in [5.74, 6) is -2.04. The van der Waals surface area contributed by atoms with Crippen molar-refractivity contribution in [1.29, 1.82) is 0 Å². The van der Waals surface area contributed by atoms with Crippen molar-refractivity contribution in [1.82, 2.24) is 5.32 Å². The highest BCUT2D eigenvalue weighted by Crippen LogP contribution is 2.32. The van der Waals surface area contributed by atoms with Crippen LogP contribution in [0.15, 0.2) is 42.5 Å². The van der Waals surface area contributed by atoms with E-state index >= 15 is 0 Å². The second kappa shape index (κ2) is 12.6. The summed E-state index contributed by atoms with van der Waals surface area (Å²) in [7, 11) is 0. The molecule has 0 spiro atoms. The van der Waals surface area contributed by atoms with Gasteiger partial charge >= 0.3 is 5.97 Å². The zero-order chi connectivity index (χ0) is 26.3. The molecule has 0 heterocycles. The molecule has 0 fully saturated rings. The van der Waals surface area contributed by atoms with Crippen LogP contribution in [-0.4, -0.2) is 42.5 Å². The number of carbonyl (C=O) groups is 1. The van der Waals surface area contributed by atoms with Crippen molar-refractivity contribution in [2.45, 2.75) is 64.7 Å². The third-order valence-corrected chi connectivity index (χ3v) is 6.54. The molecule has 0 radical (unpaired) electrons. The van der Waals surface area contributed by atoms with Crippen LogP contribution >= 0.6 is 0 Å². The third-order valence-electron chi connectivity index (χ3n) is 6.54. The van der Waals surface area contributed by atoms with Crippen LogP contribution in [0.3, 0.4) is 0 Å². The van der Waals surface area contributed by atoms with Crippen LogP contribution in [0.5, 0.6) is 0 Å². The number of hydrogen-bond donors (Lipinski definition) is 2. The average molecular weight is 502 g/mol. The van der Waals surface area contributed by atoms with Crippen molar-refractivity contribution >= 4 is 12.0 Å². The molecule has 2 aromatic carbocycles. The highest BCUT2D eigenvalue weighted by molar-refractivity contribution is 5.87. The zero-order valence-electron chi connectivity index (χ0n) is 21.5. The van der Waals surface area contributed by atoms with Gasteiger partial charge in [-0.25, -0.2) is 13.6 Å². The van der Waals surface area contributed by atoms with Crippen molar-refractivity contribution in [2.24, 2.45) is 5.92 Å². The van der Waals surface area contributed by atoms with Gasteiger partial charge in [0.15, 0.2) is 11.6 Å². The summed E-state index contributed by atoms with van der Waals surface area (Å²) < 4.78 is 38.4. The van der Waals surface area contributed by atoms with E-state index in [4.69, 9.17) is 9.47 Å². The maximum absolute atomic E-state index is 13.9.